The summed E-state index contributed by atoms with van der Waals surface area (Å²) in [5.74, 6) is 0.216. The van der Waals surface area contributed by atoms with Crippen molar-refractivity contribution >= 4 is 0 Å². The topological polar surface area (TPSA) is 44.5 Å². The van der Waals surface area contributed by atoms with Crippen LogP contribution in [-0.2, 0) is 11.2 Å². The molecule has 1 aromatic rings. The number of nitrogens with two attached hydrogens (primary N) is 1. The molecule has 17 heavy (non-hydrogen) atoms. The van der Waals surface area contributed by atoms with Gasteiger partial charge in [0, 0.05) is 19.2 Å². The third-order valence-electron chi connectivity index (χ3n) is 2.38. The first kappa shape index (κ1) is 13.9. The molecule has 1 rings (SSSR count). The molecule has 0 saturated carbocycles. The molecule has 2 N–H and O–H groups in total. The Kier molecular flexibility index (Phi) is 5.38. The van der Waals surface area contributed by atoms with Gasteiger partial charge in [-0.1, -0.05) is 0 Å². The van der Waals surface area contributed by atoms with Gasteiger partial charge in [-0.15, -0.1) is 0 Å². The molecular formula is C13H20FNO2. The minimum atomic E-state index is -0.303. The second kappa shape index (κ2) is 6.57. The molecule has 0 aliphatic carbocycles. The number of ether oxygens (including phenoxy) is 2. The van der Waals surface area contributed by atoms with Crippen molar-refractivity contribution in [2.45, 2.75) is 32.4 Å². The third-order valence-corrected chi connectivity index (χ3v) is 2.38. The highest BCUT2D eigenvalue weighted by Crippen LogP contribution is 2.17. The van der Waals surface area contributed by atoms with Crippen molar-refractivity contribution in [2.75, 3.05) is 13.7 Å². The van der Waals surface area contributed by atoms with Crippen molar-refractivity contribution in [3.63, 3.8) is 0 Å². The molecule has 0 aromatic heterocycles. The molecular weight excluding hydrogens is 221 g/mol. The molecule has 4 heteroatoms. The van der Waals surface area contributed by atoms with Crippen LogP contribution in [0, 0.1) is 5.82 Å². The van der Waals surface area contributed by atoms with E-state index >= 15 is 0 Å². The summed E-state index contributed by atoms with van der Waals surface area (Å²) in [5.41, 5.74) is 6.53. The summed E-state index contributed by atoms with van der Waals surface area (Å²) in [4.78, 5) is 0. The van der Waals surface area contributed by atoms with Crippen molar-refractivity contribution in [1.29, 1.82) is 0 Å². The van der Waals surface area contributed by atoms with Gasteiger partial charge in [0.2, 0.25) is 0 Å². The summed E-state index contributed by atoms with van der Waals surface area (Å²) < 4.78 is 23.8. The van der Waals surface area contributed by atoms with E-state index in [2.05, 4.69) is 0 Å². The van der Waals surface area contributed by atoms with Crippen LogP contribution in [0.3, 0.4) is 0 Å². The Morgan fingerprint density at radius 3 is 2.59 bits per heavy atom. The molecule has 3 nitrogen and oxygen atoms in total. The van der Waals surface area contributed by atoms with Crippen LogP contribution in [-0.4, -0.2) is 25.9 Å². The quantitative estimate of drug-likeness (QED) is 0.829. The fraction of sp³-hybridized carbons (Fsp3) is 0.538. The summed E-state index contributed by atoms with van der Waals surface area (Å²) >= 11 is 0. The number of hydrogen-bond donors (Lipinski definition) is 1. The maximum atomic E-state index is 13.3. The number of hydrogen-bond acceptors (Lipinski definition) is 3. The van der Waals surface area contributed by atoms with Crippen LogP contribution in [0.25, 0.3) is 0 Å². The average Bonchev–Trinajstić information content (AvgIpc) is 2.24. The highest BCUT2D eigenvalue weighted by Gasteiger charge is 2.06. The third kappa shape index (κ3) is 5.15. The van der Waals surface area contributed by atoms with E-state index in [1.165, 1.54) is 12.1 Å². The predicted octanol–water partition coefficient (Wildman–Crippen LogP) is 2.13. The fourth-order valence-corrected chi connectivity index (χ4v) is 1.48. The lowest BCUT2D eigenvalue weighted by atomic mass is 10.1. The predicted molar refractivity (Wildman–Crippen MR) is 65.7 cm³/mol. The van der Waals surface area contributed by atoms with Crippen LogP contribution in [0.15, 0.2) is 18.2 Å². The van der Waals surface area contributed by atoms with Crippen LogP contribution >= 0.6 is 0 Å². The first-order chi connectivity index (χ1) is 8.01. The van der Waals surface area contributed by atoms with E-state index in [1.807, 2.05) is 19.9 Å². The normalized spacial score (nSPS) is 14.4. The highest BCUT2D eigenvalue weighted by atomic mass is 19.1. The minimum Gasteiger partial charge on any atom is -0.491 e. The zero-order valence-corrected chi connectivity index (χ0v) is 10.6. The largest absolute Gasteiger partial charge is 0.491 e. The Labute approximate surface area is 102 Å². The lowest BCUT2D eigenvalue weighted by molar-refractivity contribution is 0.0715. The molecule has 2 unspecified atom stereocenters. The average molecular weight is 241 g/mol. The Hall–Kier alpha value is -1.13. The lowest BCUT2D eigenvalue weighted by Crippen LogP contribution is -2.18. The van der Waals surface area contributed by atoms with E-state index in [-0.39, 0.29) is 18.0 Å². The van der Waals surface area contributed by atoms with Crippen LogP contribution < -0.4 is 10.5 Å². The van der Waals surface area contributed by atoms with Gasteiger partial charge in [-0.3, -0.25) is 0 Å². The maximum Gasteiger partial charge on any atom is 0.127 e. The standard InChI is InChI=1S/C13H20FNO2/c1-9(15)4-11-5-12(14)7-13(6-11)17-8-10(2)16-3/h5-7,9-10H,4,8,15H2,1-3H3. The van der Waals surface area contributed by atoms with E-state index < -0.39 is 0 Å². The molecule has 0 radical (unpaired) electrons. The molecule has 0 aliphatic rings. The summed E-state index contributed by atoms with van der Waals surface area (Å²) in [7, 11) is 1.61. The molecule has 96 valence electrons. The molecule has 0 heterocycles. The van der Waals surface area contributed by atoms with Gasteiger partial charge in [0.05, 0.1) is 6.10 Å². The maximum absolute atomic E-state index is 13.3. The summed E-state index contributed by atoms with van der Waals surface area (Å²) in [6.07, 6.45) is 0.615. The van der Waals surface area contributed by atoms with Gasteiger partial charge < -0.3 is 15.2 Å². The van der Waals surface area contributed by atoms with Crippen LogP contribution in [0.1, 0.15) is 19.4 Å². The molecule has 0 bridgehead atoms. The molecule has 2 atom stereocenters. The van der Waals surface area contributed by atoms with Crippen molar-refractivity contribution in [2.24, 2.45) is 5.73 Å². The van der Waals surface area contributed by atoms with E-state index in [9.17, 15) is 4.39 Å². The number of halogens is 1. The van der Waals surface area contributed by atoms with E-state index in [1.54, 1.807) is 7.11 Å². The van der Waals surface area contributed by atoms with Gasteiger partial charge in [0.15, 0.2) is 0 Å². The highest BCUT2D eigenvalue weighted by molar-refractivity contribution is 5.30. The Balaban J connectivity index is 2.68. The first-order valence-electron chi connectivity index (χ1n) is 5.72. The molecule has 0 fully saturated rings. The van der Waals surface area contributed by atoms with Crippen molar-refractivity contribution < 1.29 is 13.9 Å². The number of methoxy groups -OCH3 is 1. The Bertz CT molecular complexity index is 355. The van der Waals surface area contributed by atoms with E-state index in [4.69, 9.17) is 15.2 Å². The summed E-state index contributed by atoms with van der Waals surface area (Å²) in [6.45, 7) is 4.18. The van der Waals surface area contributed by atoms with Crippen molar-refractivity contribution in [3.8, 4) is 5.75 Å². The summed E-state index contributed by atoms with van der Waals surface area (Å²) in [5, 5.41) is 0. The first-order valence-corrected chi connectivity index (χ1v) is 5.72. The zero-order valence-electron chi connectivity index (χ0n) is 10.6. The smallest absolute Gasteiger partial charge is 0.127 e. The lowest BCUT2D eigenvalue weighted by Gasteiger charge is -2.13. The minimum absolute atomic E-state index is 0.00236. The van der Waals surface area contributed by atoms with Gasteiger partial charge in [-0.05, 0) is 38.0 Å². The second-order valence-corrected chi connectivity index (χ2v) is 4.33. The molecule has 0 amide bonds. The van der Waals surface area contributed by atoms with E-state index in [0.717, 1.165) is 5.56 Å². The van der Waals surface area contributed by atoms with E-state index in [0.29, 0.717) is 18.8 Å². The number of benzene rings is 1. The van der Waals surface area contributed by atoms with Gasteiger partial charge in [-0.25, -0.2) is 4.39 Å². The summed E-state index contributed by atoms with van der Waals surface area (Å²) in [6, 6.07) is 4.67. The fourth-order valence-electron chi connectivity index (χ4n) is 1.48. The Morgan fingerprint density at radius 2 is 2.00 bits per heavy atom. The van der Waals surface area contributed by atoms with Crippen LogP contribution in [0.5, 0.6) is 5.75 Å². The van der Waals surface area contributed by atoms with Crippen molar-refractivity contribution in [3.05, 3.63) is 29.6 Å². The Morgan fingerprint density at radius 1 is 1.29 bits per heavy atom. The van der Waals surface area contributed by atoms with Gasteiger partial charge in [-0.2, -0.15) is 0 Å². The monoisotopic (exact) mass is 241 g/mol. The van der Waals surface area contributed by atoms with Crippen LogP contribution in [0.2, 0.25) is 0 Å². The van der Waals surface area contributed by atoms with Gasteiger partial charge in [0.25, 0.3) is 0 Å². The van der Waals surface area contributed by atoms with Gasteiger partial charge in [0.1, 0.15) is 18.2 Å². The SMILES string of the molecule is COC(C)COc1cc(F)cc(CC(C)N)c1. The second-order valence-electron chi connectivity index (χ2n) is 4.33. The molecule has 1 aromatic carbocycles. The molecule has 0 aliphatic heterocycles. The van der Waals surface area contributed by atoms with Crippen LogP contribution in [0.4, 0.5) is 4.39 Å². The number of rotatable bonds is 6. The molecule has 0 spiro atoms. The zero-order chi connectivity index (χ0) is 12.8. The molecule has 0 saturated heterocycles. The van der Waals surface area contributed by atoms with Gasteiger partial charge >= 0.3 is 0 Å². The van der Waals surface area contributed by atoms with Crippen molar-refractivity contribution in [1.82, 2.24) is 0 Å².